The first-order chi connectivity index (χ1) is 6.09. The van der Waals surface area contributed by atoms with Gasteiger partial charge in [-0.05, 0) is 24.6 Å². The maximum absolute atomic E-state index is 10.7. The van der Waals surface area contributed by atoms with Gasteiger partial charge in [-0.25, -0.2) is 4.79 Å². The van der Waals surface area contributed by atoms with Gasteiger partial charge in [0.05, 0.1) is 5.56 Å². The van der Waals surface area contributed by atoms with Crippen molar-refractivity contribution in [1.29, 1.82) is 0 Å². The number of ketones is 1. The zero-order valence-corrected chi connectivity index (χ0v) is 7.28. The molecule has 15 heavy (non-hydrogen) atoms. The second kappa shape index (κ2) is 8.50. The summed E-state index contributed by atoms with van der Waals surface area (Å²) in [6.45, 7) is 1.51. The third-order valence-electron chi connectivity index (χ3n) is 1.65. The number of carboxylic acids is 1. The number of benzene rings is 1. The molecule has 72 valence electrons. The van der Waals surface area contributed by atoms with Gasteiger partial charge >= 0.3 is 65.1 Å². The summed E-state index contributed by atoms with van der Waals surface area (Å²) in [6.07, 6.45) is 0.361. The van der Waals surface area contributed by atoms with Gasteiger partial charge in [0.25, 0.3) is 0 Å². The maximum atomic E-state index is 10.7. The van der Waals surface area contributed by atoms with Crippen LogP contribution in [-0.2, 0) is 11.2 Å². The standard InChI is InChI=1S/C10H10O3.2Na.2H/c1-7(11)6-8-2-4-9(5-3-8)10(12)13;;;;/h2-5H,6H2,1H3,(H,12,13);;;;. The van der Waals surface area contributed by atoms with E-state index in [9.17, 15) is 9.59 Å². The predicted molar refractivity (Wildman–Crippen MR) is 62.1 cm³/mol. The molecule has 0 saturated heterocycles. The second-order valence-electron chi connectivity index (χ2n) is 2.88. The molecule has 0 aromatic heterocycles. The Morgan fingerprint density at radius 2 is 1.60 bits per heavy atom. The van der Waals surface area contributed by atoms with Gasteiger partial charge in [-0.3, -0.25) is 4.79 Å². The molecular formula is C10H12Na2O3. The van der Waals surface area contributed by atoms with Crippen molar-refractivity contribution in [1.82, 2.24) is 0 Å². The van der Waals surface area contributed by atoms with Crippen LogP contribution in [0.5, 0.6) is 0 Å². The molecular weight excluding hydrogens is 214 g/mol. The summed E-state index contributed by atoms with van der Waals surface area (Å²) in [6, 6.07) is 6.32. The van der Waals surface area contributed by atoms with Crippen molar-refractivity contribution in [2.45, 2.75) is 13.3 Å². The number of rotatable bonds is 3. The molecule has 1 rings (SSSR count). The summed E-state index contributed by atoms with van der Waals surface area (Å²) in [7, 11) is 0. The van der Waals surface area contributed by atoms with Crippen molar-refractivity contribution in [2.75, 3.05) is 0 Å². The molecule has 0 fully saturated rings. The number of hydrogen-bond donors (Lipinski definition) is 1. The van der Waals surface area contributed by atoms with E-state index < -0.39 is 5.97 Å². The Kier molecular flexibility index (Phi) is 10.1. The molecule has 1 aromatic carbocycles. The summed E-state index contributed by atoms with van der Waals surface area (Å²) in [5, 5.41) is 8.59. The van der Waals surface area contributed by atoms with Crippen molar-refractivity contribution >= 4 is 70.9 Å². The van der Waals surface area contributed by atoms with Crippen molar-refractivity contribution in [3.63, 3.8) is 0 Å². The van der Waals surface area contributed by atoms with Crippen LogP contribution in [0.25, 0.3) is 0 Å². The predicted octanol–water partition coefficient (Wildman–Crippen LogP) is 0.219. The first kappa shape index (κ1) is 17.7. The van der Waals surface area contributed by atoms with Gasteiger partial charge in [0, 0.05) is 6.42 Å². The van der Waals surface area contributed by atoms with Crippen LogP contribution in [0.1, 0.15) is 22.8 Å². The molecule has 0 bridgehead atoms. The van der Waals surface area contributed by atoms with E-state index in [-0.39, 0.29) is 70.5 Å². The van der Waals surface area contributed by atoms with E-state index in [1.807, 2.05) is 0 Å². The summed E-state index contributed by atoms with van der Waals surface area (Å²) >= 11 is 0. The molecule has 3 nitrogen and oxygen atoms in total. The van der Waals surface area contributed by atoms with Crippen LogP contribution in [0.2, 0.25) is 0 Å². The SMILES string of the molecule is CC(=O)Cc1ccc(C(=O)O)cc1.[NaH].[NaH]. The number of carbonyl (C=O) groups excluding carboxylic acids is 1. The third-order valence-corrected chi connectivity index (χ3v) is 1.65. The monoisotopic (exact) mass is 226 g/mol. The van der Waals surface area contributed by atoms with Crippen molar-refractivity contribution in [2.24, 2.45) is 0 Å². The Labute approximate surface area is 133 Å². The van der Waals surface area contributed by atoms with Gasteiger partial charge in [-0.15, -0.1) is 0 Å². The van der Waals surface area contributed by atoms with E-state index in [0.717, 1.165) is 5.56 Å². The molecule has 1 aromatic rings. The molecule has 0 unspecified atom stereocenters. The average Bonchev–Trinajstić information content (AvgIpc) is 2.04. The Bertz CT molecular complexity index is 333. The molecule has 0 amide bonds. The third kappa shape index (κ3) is 6.51. The molecule has 0 spiro atoms. The minimum atomic E-state index is -0.950. The van der Waals surface area contributed by atoms with E-state index in [1.54, 1.807) is 12.1 Å². The molecule has 1 N–H and O–H groups in total. The van der Waals surface area contributed by atoms with Crippen LogP contribution in [0.3, 0.4) is 0 Å². The Balaban J connectivity index is 0. The van der Waals surface area contributed by atoms with Gasteiger partial charge in [0.1, 0.15) is 5.78 Å². The molecule has 0 aliphatic rings. The van der Waals surface area contributed by atoms with Crippen molar-refractivity contribution < 1.29 is 14.7 Å². The molecule has 0 saturated carbocycles. The van der Waals surface area contributed by atoms with Crippen LogP contribution >= 0.6 is 0 Å². The fourth-order valence-corrected chi connectivity index (χ4v) is 1.05. The normalized spacial score (nSPS) is 8.33. The molecule has 0 radical (unpaired) electrons. The molecule has 5 heteroatoms. The Morgan fingerprint density at radius 3 is 1.93 bits per heavy atom. The Morgan fingerprint density at radius 1 is 1.13 bits per heavy atom. The quantitative estimate of drug-likeness (QED) is 0.750. The Hall–Kier alpha value is 0.360. The average molecular weight is 226 g/mol. The zero-order valence-electron chi connectivity index (χ0n) is 7.28. The van der Waals surface area contributed by atoms with Gasteiger partial charge in [0.2, 0.25) is 0 Å². The van der Waals surface area contributed by atoms with Gasteiger partial charge < -0.3 is 5.11 Å². The van der Waals surface area contributed by atoms with Crippen LogP contribution in [0, 0.1) is 0 Å². The number of aromatic carboxylic acids is 1. The van der Waals surface area contributed by atoms with E-state index in [4.69, 9.17) is 5.11 Å². The number of carboxylic acid groups (broad SMARTS) is 1. The van der Waals surface area contributed by atoms with E-state index in [2.05, 4.69) is 0 Å². The van der Waals surface area contributed by atoms with Crippen LogP contribution in [-0.4, -0.2) is 76.0 Å². The van der Waals surface area contributed by atoms with E-state index >= 15 is 0 Å². The van der Waals surface area contributed by atoms with E-state index in [0.29, 0.717) is 6.42 Å². The molecule has 0 atom stereocenters. The van der Waals surface area contributed by atoms with Crippen molar-refractivity contribution in [3.8, 4) is 0 Å². The fraction of sp³-hybridized carbons (Fsp3) is 0.200. The summed E-state index contributed by atoms with van der Waals surface area (Å²) < 4.78 is 0. The number of hydrogen-bond acceptors (Lipinski definition) is 2. The van der Waals surface area contributed by atoms with Gasteiger partial charge in [0.15, 0.2) is 0 Å². The summed E-state index contributed by atoms with van der Waals surface area (Å²) in [5.41, 5.74) is 1.09. The zero-order chi connectivity index (χ0) is 9.84. The summed E-state index contributed by atoms with van der Waals surface area (Å²) in [4.78, 5) is 21.2. The van der Waals surface area contributed by atoms with Gasteiger partial charge in [-0.2, -0.15) is 0 Å². The molecule has 0 heterocycles. The first-order valence-electron chi connectivity index (χ1n) is 3.91. The number of carbonyl (C=O) groups is 2. The second-order valence-corrected chi connectivity index (χ2v) is 2.88. The minimum absolute atomic E-state index is 0. The molecule has 0 aliphatic carbocycles. The van der Waals surface area contributed by atoms with Gasteiger partial charge in [-0.1, -0.05) is 12.1 Å². The van der Waals surface area contributed by atoms with Crippen molar-refractivity contribution in [3.05, 3.63) is 35.4 Å². The summed E-state index contributed by atoms with van der Waals surface area (Å²) in [5.74, 6) is -0.877. The first-order valence-corrected chi connectivity index (χ1v) is 3.91. The van der Waals surface area contributed by atoms with Crippen LogP contribution in [0.4, 0.5) is 0 Å². The molecule has 0 aliphatic heterocycles. The fourth-order valence-electron chi connectivity index (χ4n) is 1.05. The number of Topliss-reactive ketones (excluding diaryl/α,β-unsaturated/α-hetero) is 1. The topological polar surface area (TPSA) is 54.4 Å². The van der Waals surface area contributed by atoms with Crippen LogP contribution < -0.4 is 0 Å². The van der Waals surface area contributed by atoms with E-state index in [1.165, 1.54) is 19.1 Å². The van der Waals surface area contributed by atoms with Crippen LogP contribution in [0.15, 0.2) is 24.3 Å².